The number of hydrogen-bond acceptors (Lipinski definition) is 5. The predicted octanol–water partition coefficient (Wildman–Crippen LogP) is 2.37. The molecule has 0 aliphatic rings. The van der Waals surface area contributed by atoms with Crippen molar-refractivity contribution in [2.24, 2.45) is 0 Å². The Morgan fingerprint density at radius 1 is 0.850 bits per heavy atom. The molecule has 0 spiro atoms. The van der Waals surface area contributed by atoms with E-state index in [-0.39, 0.29) is 0 Å². The summed E-state index contributed by atoms with van der Waals surface area (Å²) in [6.45, 7) is 6.02. The number of rotatable bonds is 11. The summed E-state index contributed by atoms with van der Waals surface area (Å²) < 4.78 is 27.9. The zero-order chi connectivity index (χ0) is 14.7. The third-order valence-corrected chi connectivity index (χ3v) is 4.81. The van der Waals surface area contributed by atoms with Crippen molar-refractivity contribution in [2.75, 3.05) is 33.5 Å². The van der Waals surface area contributed by atoms with Gasteiger partial charge in [0.15, 0.2) is 0 Å². The van der Waals surface area contributed by atoms with E-state index in [2.05, 4.69) is 0 Å². The van der Waals surface area contributed by atoms with Crippen LogP contribution < -0.4 is 0 Å². The first-order chi connectivity index (χ1) is 9.76. The molecule has 114 valence electrons. The highest BCUT2D eigenvalue weighted by atomic mass is 28.4. The molecule has 0 aliphatic heterocycles. The molecule has 0 radical (unpaired) electrons. The second-order valence-electron chi connectivity index (χ2n) is 3.98. The van der Waals surface area contributed by atoms with Gasteiger partial charge in [-0.05, 0) is 19.4 Å². The summed E-state index contributed by atoms with van der Waals surface area (Å²) in [4.78, 5) is 0. The van der Waals surface area contributed by atoms with E-state index in [1.165, 1.54) is 0 Å². The Kier molecular flexibility index (Phi) is 8.67. The van der Waals surface area contributed by atoms with Crippen molar-refractivity contribution in [2.45, 2.75) is 20.5 Å². The van der Waals surface area contributed by atoms with Crippen molar-refractivity contribution in [3.8, 4) is 0 Å². The van der Waals surface area contributed by atoms with Gasteiger partial charge >= 0.3 is 9.05 Å². The molecule has 0 unspecified atom stereocenters. The average Bonchev–Trinajstić information content (AvgIpc) is 2.47. The van der Waals surface area contributed by atoms with Crippen molar-refractivity contribution in [3.63, 3.8) is 0 Å². The van der Waals surface area contributed by atoms with Gasteiger partial charge in [-0.1, -0.05) is 30.3 Å². The van der Waals surface area contributed by atoms with E-state index in [1.54, 1.807) is 7.11 Å². The molecule has 20 heavy (non-hydrogen) atoms. The topological polar surface area (TPSA) is 46.2 Å². The molecular formula is C14H24O5Si. The van der Waals surface area contributed by atoms with Gasteiger partial charge in [0.2, 0.25) is 0 Å². The van der Waals surface area contributed by atoms with Crippen LogP contribution in [0.2, 0.25) is 0 Å². The van der Waals surface area contributed by atoms with E-state index < -0.39 is 9.05 Å². The summed E-state index contributed by atoms with van der Waals surface area (Å²) in [6.07, 6.45) is 0. The monoisotopic (exact) mass is 300 g/mol. The maximum atomic E-state index is 5.86. The van der Waals surface area contributed by atoms with E-state index in [4.69, 9.17) is 22.4 Å². The molecular weight excluding hydrogens is 276 g/mol. The third-order valence-electron chi connectivity index (χ3n) is 2.47. The molecule has 5 nitrogen and oxygen atoms in total. The Bertz CT molecular complexity index is 341. The first kappa shape index (κ1) is 17.3. The largest absolute Gasteiger partial charge is 0.680 e. The molecule has 0 saturated carbocycles. The highest BCUT2D eigenvalue weighted by Gasteiger charge is 2.45. The van der Waals surface area contributed by atoms with E-state index in [0.29, 0.717) is 33.0 Å². The predicted molar refractivity (Wildman–Crippen MR) is 78.1 cm³/mol. The average molecular weight is 300 g/mol. The Hall–Kier alpha value is -0.763. The molecule has 0 saturated heterocycles. The maximum Gasteiger partial charge on any atom is 0.680 e. The molecule has 0 atom stereocenters. The highest BCUT2D eigenvalue weighted by Crippen LogP contribution is 2.15. The smallest absolute Gasteiger partial charge is 0.382 e. The fourth-order valence-corrected chi connectivity index (χ4v) is 3.48. The van der Waals surface area contributed by atoms with Gasteiger partial charge in [-0.2, -0.15) is 0 Å². The minimum atomic E-state index is -3.10. The minimum absolute atomic E-state index is 0.386. The molecule has 0 aliphatic carbocycles. The van der Waals surface area contributed by atoms with Gasteiger partial charge in [-0.15, -0.1) is 0 Å². The van der Waals surface area contributed by atoms with Crippen LogP contribution in [0.4, 0.5) is 0 Å². The molecule has 1 aromatic rings. The van der Waals surface area contributed by atoms with E-state index in [0.717, 1.165) is 5.56 Å². The van der Waals surface area contributed by atoms with Crippen molar-refractivity contribution in [1.82, 2.24) is 0 Å². The molecule has 0 heterocycles. The number of ether oxygens (including phenoxy) is 1. The summed E-state index contributed by atoms with van der Waals surface area (Å²) in [7, 11) is -1.47. The summed E-state index contributed by atoms with van der Waals surface area (Å²) in [5.74, 6) is 0. The molecule has 1 rings (SSSR count). The van der Waals surface area contributed by atoms with Crippen LogP contribution in [-0.2, 0) is 29.0 Å². The zero-order valence-corrected chi connectivity index (χ0v) is 13.5. The molecule has 0 fully saturated rings. The van der Waals surface area contributed by atoms with Crippen molar-refractivity contribution in [1.29, 1.82) is 0 Å². The summed E-state index contributed by atoms with van der Waals surface area (Å²) in [6, 6.07) is 9.89. The van der Waals surface area contributed by atoms with Crippen molar-refractivity contribution in [3.05, 3.63) is 35.9 Å². The van der Waals surface area contributed by atoms with E-state index in [1.807, 2.05) is 44.2 Å². The van der Waals surface area contributed by atoms with Gasteiger partial charge in [0.1, 0.15) is 0 Å². The van der Waals surface area contributed by atoms with Gasteiger partial charge in [0, 0.05) is 20.3 Å². The number of hydrogen-bond donors (Lipinski definition) is 0. The van der Waals surface area contributed by atoms with Crippen LogP contribution >= 0.6 is 0 Å². The summed E-state index contributed by atoms with van der Waals surface area (Å²) in [5.41, 5.74) is 1.05. The van der Waals surface area contributed by atoms with Crippen LogP contribution in [0.3, 0.4) is 0 Å². The minimum Gasteiger partial charge on any atom is -0.382 e. The lowest BCUT2D eigenvalue weighted by Gasteiger charge is -2.27. The molecule has 6 heteroatoms. The lowest BCUT2D eigenvalue weighted by Crippen LogP contribution is -2.49. The fourth-order valence-electron chi connectivity index (χ4n) is 1.60. The summed E-state index contributed by atoms with van der Waals surface area (Å²) >= 11 is 0. The Balaban J connectivity index is 2.63. The van der Waals surface area contributed by atoms with Crippen LogP contribution in [0.5, 0.6) is 0 Å². The Morgan fingerprint density at radius 2 is 1.50 bits per heavy atom. The molecule has 0 amide bonds. The van der Waals surface area contributed by atoms with Gasteiger partial charge in [0.25, 0.3) is 0 Å². The molecule has 1 aromatic carbocycles. The van der Waals surface area contributed by atoms with Gasteiger partial charge in [0.05, 0.1) is 19.8 Å². The normalized spacial score (nSPS) is 11.8. The van der Waals surface area contributed by atoms with E-state index in [9.17, 15) is 0 Å². The van der Waals surface area contributed by atoms with Crippen LogP contribution in [0.15, 0.2) is 30.3 Å². The van der Waals surface area contributed by atoms with Gasteiger partial charge in [-0.25, -0.2) is 0 Å². The van der Waals surface area contributed by atoms with Crippen molar-refractivity contribution >= 4 is 9.05 Å². The molecule has 0 aromatic heterocycles. The van der Waals surface area contributed by atoms with Crippen molar-refractivity contribution < 1.29 is 22.4 Å². The van der Waals surface area contributed by atoms with Crippen LogP contribution in [0.25, 0.3) is 0 Å². The van der Waals surface area contributed by atoms with Crippen LogP contribution in [-0.4, -0.2) is 42.6 Å². The lowest BCUT2D eigenvalue weighted by atomic mass is 10.2. The standard InChI is InChI=1S/C14H24O5Si/c1-4-16-20(17-5-2,18-12-11-15-3)19-13-14-9-7-6-8-10-14/h6-10H,4-5,11-13H2,1-3H3. The SMILES string of the molecule is CCO[Si](OCC)(OCCOC)OCc1ccccc1. The molecule has 0 bridgehead atoms. The Morgan fingerprint density at radius 3 is 2.05 bits per heavy atom. The third kappa shape index (κ3) is 6.13. The first-order valence-corrected chi connectivity index (χ1v) is 8.48. The van der Waals surface area contributed by atoms with Crippen LogP contribution in [0, 0.1) is 0 Å². The quantitative estimate of drug-likeness (QED) is 0.464. The molecule has 0 N–H and O–H groups in total. The van der Waals surface area contributed by atoms with E-state index >= 15 is 0 Å². The second-order valence-corrected chi connectivity index (χ2v) is 6.14. The second kappa shape index (κ2) is 10.0. The lowest BCUT2D eigenvalue weighted by molar-refractivity contribution is -0.0424. The van der Waals surface area contributed by atoms with Crippen LogP contribution in [0.1, 0.15) is 19.4 Å². The number of methoxy groups -OCH3 is 1. The zero-order valence-electron chi connectivity index (χ0n) is 12.5. The Labute approximate surface area is 122 Å². The van der Waals surface area contributed by atoms with Gasteiger partial charge in [-0.3, -0.25) is 0 Å². The summed E-state index contributed by atoms with van der Waals surface area (Å²) in [5, 5.41) is 0. The maximum absolute atomic E-state index is 5.86. The first-order valence-electron chi connectivity index (χ1n) is 6.85. The highest BCUT2D eigenvalue weighted by molar-refractivity contribution is 6.53. The van der Waals surface area contributed by atoms with Gasteiger partial charge < -0.3 is 22.4 Å². The fraction of sp³-hybridized carbons (Fsp3) is 0.571. The number of benzene rings is 1.